The average Bonchev–Trinajstić information content (AvgIpc) is 2.26. The van der Waals surface area contributed by atoms with Gasteiger partial charge in [-0.15, -0.1) is 0 Å². The van der Waals surface area contributed by atoms with Crippen molar-refractivity contribution in [1.82, 2.24) is 5.32 Å². The molecule has 0 saturated carbocycles. The van der Waals surface area contributed by atoms with E-state index in [1.54, 1.807) is 0 Å². The summed E-state index contributed by atoms with van der Waals surface area (Å²) in [6, 6.07) is 5.08. The highest BCUT2D eigenvalue weighted by Gasteiger charge is 2.06. The van der Waals surface area contributed by atoms with E-state index in [2.05, 4.69) is 15.4 Å². The Morgan fingerprint density at radius 2 is 2.24 bits per heavy atom. The maximum Gasteiger partial charge on any atom is 0.387 e. The monoisotopic (exact) mass is 246 g/mol. The van der Waals surface area contributed by atoms with E-state index in [1.165, 1.54) is 24.3 Å². The second kappa shape index (κ2) is 6.64. The minimum Gasteiger partial charge on any atom is -0.435 e. The van der Waals surface area contributed by atoms with Gasteiger partial charge in [0.1, 0.15) is 5.75 Å². The van der Waals surface area contributed by atoms with Crippen LogP contribution in [0.1, 0.15) is 0 Å². The van der Waals surface area contributed by atoms with E-state index < -0.39 is 12.6 Å². The van der Waals surface area contributed by atoms with Crippen LogP contribution >= 0.6 is 0 Å². The number of benzene rings is 1. The number of alkyl halides is 2. The van der Waals surface area contributed by atoms with Crippen molar-refractivity contribution in [2.45, 2.75) is 6.61 Å². The molecule has 0 saturated heterocycles. The number of nitrogens with one attached hydrogen (secondary N) is 2. The number of carbonyl (C=O) groups excluding carboxylic acids is 1. The lowest BCUT2D eigenvalue weighted by molar-refractivity contribution is -0.0497. The van der Waals surface area contributed by atoms with Crippen LogP contribution in [0.2, 0.25) is 0 Å². The Kier molecular flexibility index (Phi) is 5.15. The van der Waals surface area contributed by atoms with Crippen molar-refractivity contribution in [1.29, 1.82) is 0 Å². The van der Waals surface area contributed by atoms with Crippen molar-refractivity contribution in [2.24, 2.45) is 0 Å². The molecule has 0 aromatic heterocycles. The zero-order chi connectivity index (χ0) is 12.7. The fourth-order valence-corrected chi connectivity index (χ4v) is 1.09. The quantitative estimate of drug-likeness (QED) is 0.735. The predicted octanol–water partition coefficient (Wildman–Crippen LogP) is 1.40. The number of urea groups is 1. The number of amides is 2. The third kappa shape index (κ3) is 5.12. The molecular weight excluding hydrogens is 234 g/mol. The zero-order valence-corrected chi connectivity index (χ0v) is 8.82. The van der Waals surface area contributed by atoms with Crippen molar-refractivity contribution in [3.05, 3.63) is 24.3 Å². The van der Waals surface area contributed by atoms with Crippen LogP contribution in [0.5, 0.6) is 5.75 Å². The van der Waals surface area contributed by atoms with Crippen LogP contribution in [0.3, 0.4) is 0 Å². The Balaban J connectivity index is 2.56. The summed E-state index contributed by atoms with van der Waals surface area (Å²) in [4.78, 5) is 11.2. The van der Waals surface area contributed by atoms with E-state index in [0.717, 1.165) is 0 Å². The van der Waals surface area contributed by atoms with Crippen molar-refractivity contribution in [2.75, 3.05) is 18.5 Å². The highest BCUT2D eigenvalue weighted by Crippen LogP contribution is 2.18. The number of aliphatic hydroxyl groups excluding tert-OH is 1. The molecule has 3 N–H and O–H groups in total. The summed E-state index contributed by atoms with van der Waals surface area (Å²) in [6.45, 7) is -2.98. The summed E-state index contributed by atoms with van der Waals surface area (Å²) in [5, 5.41) is 13.2. The number of halogens is 2. The van der Waals surface area contributed by atoms with Gasteiger partial charge in [0.25, 0.3) is 0 Å². The molecule has 0 aliphatic heterocycles. The van der Waals surface area contributed by atoms with E-state index >= 15 is 0 Å². The van der Waals surface area contributed by atoms with Crippen LogP contribution in [0.4, 0.5) is 19.3 Å². The molecule has 1 aromatic carbocycles. The maximum atomic E-state index is 11.9. The van der Waals surface area contributed by atoms with Crippen molar-refractivity contribution >= 4 is 11.7 Å². The van der Waals surface area contributed by atoms with Gasteiger partial charge in [-0.3, -0.25) is 0 Å². The summed E-state index contributed by atoms with van der Waals surface area (Å²) in [6.07, 6.45) is 0. The van der Waals surface area contributed by atoms with Gasteiger partial charge in [-0.05, 0) is 12.1 Å². The summed E-state index contributed by atoms with van der Waals surface area (Å²) in [5.41, 5.74) is 0.318. The molecule has 0 aliphatic carbocycles. The van der Waals surface area contributed by atoms with E-state index in [0.29, 0.717) is 5.69 Å². The molecule has 5 nitrogen and oxygen atoms in total. The predicted molar refractivity (Wildman–Crippen MR) is 57.2 cm³/mol. The smallest absolute Gasteiger partial charge is 0.387 e. The fraction of sp³-hybridized carbons (Fsp3) is 0.300. The molecule has 0 unspecified atom stereocenters. The van der Waals surface area contributed by atoms with E-state index in [-0.39, 0.29) is 18.9 Å². The van der Waals surface area contributed by atoms with Gasteiger partial charge >= 0.3 is 12.6 Å². The Hall–Kier alpha value is -1.89. The molecule has 1 rings (SSSR count). The van der Waals surface area contributed by atoms with Gasteiger partial charge in [0.15, 0.2) is 0 Å². The first-order chi connectivity index (χ1) is 8.11. The van der Waals surface area contributed by atoms with E-state index in [9.17, 15) is 13.6 Å². The van der Waals surface area contributed by atoms with Crippen LogP contribution in [-0.4, -0.2) is 30.9 Å². The van der Waals surface area contributed by atoms with Crippen LogP contribution in [-0.2, 0) is 0 Å². The molecule has 0 atom stereocenters. The van der Waals surface area contributed by atoms with Crippen LogP contribution in [0.25, 0.3) is 0 Å². The van der Waals surface area contributed by atoms with Crippen LogP contribution in [0, 0.1) is 0 Å². The molecule has 0 bridgehead atoms. The normalized spacial score (nSPS) is 10.1. The number of carbonyl (C=O) groups is 1. The zero-order valence-electron chi connectivity index (χ0n) is 8.82. The van der Waals surface area contributed by atoms with Crippen LogP contribution < -0.4 is 15.4 Å². The molecule has 0 heterocycles. The molecule has 0 aliphatic rings. The molecule has 0 fully saturated rings. The molecule has 94 valence electrons. The topological polar surface area (TPSA) is 70.6 Å². The number of rotatable bonds is 5. The van der Waals surface area contributed by atoms with Gasteiger partial charge in [0, 0.05) is 18.3 Å². The number of anilines is 1. The lowest BCUT2D eigenvalue weighted by atomic mass is 10.3. The van der Waals surface area contributed by atoms with Gasteiger partial charge in [-0.2, -0.15) is 8.78 Å². The van der Waals surface area contributed by atoms with Crippen LogP contribution in [0.15, 0.2) is 24.3 Å². The third-order valence-corrected chi connectivity index (χ3v) is 1.71. The Labute approximate surface area is 96.4 Å². The molecule has 7 heteroatoms. The Morgan fingerprint density at radius 1 is 1.47 bits per heavy atom. The first-order valence-corrected chi connectivity index (χ1v) is 4.82. The third-order valence-electron chi connectivity index (χ3n) is 1.71. The Morgan fingerprint density at radius 3 is 2.88 bits per heavy atom. The van der Waals surface area contributed by atoms with E-state index in [4.69, 9.17) is 5.11 Å². The van der Waals surface area contributed by atoms with Gasteiger partial charge in [-0.25, -0.2) is 4.79 Å². The molecule has 1 aromatic rings. The molecular formula is C10H12F2N2O3. The van der Waals surface area contributed by atoms with E-state index in [1.807, 2.05) is 0 Å². The van der Waals surface area contributed by atoms with Gasteiger partial charge < -0.3 is 20.5 Å². The first-order valence-electron chi connectivity index (χ1n) is 4.82. The second-order valence-electron chi connectivity index (χ2n) is 3.01. The summed E-state index contributed by atoms with van der Waals surface area (Å²) < 4.78 is 28.0. The Bertz CT molecular complexity index is 374. The number of hydrogen-bond donors (Lipinski definition) is 3. The van der Waals surface area contributed by atoms with Crippen molar-refractivity contribution in [3.63, 3.8) is 0 Å². The highest BCUT2D eigenvalue weighted by atomic mass is 19.3. The SMILES string of the molecule is O=C(NCCO)Nc1cccc(OC(F)F)c1. The van der Waals surface area contributed by atoms with Gasteiger partial charge in [0.2, 0.25) is 0 Å². The standard InChI is InChI=1S/C10H12F2N2O3/c11-9(12)17-8-3-1-2-7(6-8)14-10(16)13-4-5-15/h1-3,6,9,15H,4-5H2,(H2,13,14,16). The van der Waals surface area contributed by atoms with Gasteiger partial charge in [-0.1, -0.05) is 6.07 Å². The highest BCUT2D eigenvalue weighted by molar-refractivity contribution is 5.89. The molecule has 0 spiro atoms. The van der Waals surface area contributed by atoms with Crippen molar-refractivity contribution in [3.8, 4) is 5.75 Å². The second-order valence-corrected chi connectivity index (χ2v) is 3.01. The molecule has 17 heavy (non-hydrogen) atoms. The molecule has 2 amide bonds. The first kappa shape index (κ1) is 13.2. The van der Waals surface area contributed by atoms with Crippen molar-refractivity contribution < 1.29 is 23.4 Å². The fourth-order valence-electron chi connectivity index (χ4n) is 1.09. The average molecular weight is 246 g/mol. The lowest BCUT2D eigenvalue weighted by Gasteiger charge is -2.08. The van der Waals surface area contributed by atoms with Gasteiger partial charge in [0.05, 0.1) is 6.61 Å². The largest absolute Gasteiger partial charge is 0.435 e. The summed E-state index contributed by atoms with van der Waals surface area (Å²) in [7, 11) is 0. The number of ether oxygens (including phenoxy) is 1. The summed E-state index contributed by atoms with van der Waals surface area (Å²) in [5.74, 6) is -0.0417. The lowest BCUT2D eigenvalue weighted by Crippen LogP contribution is -2.30. The minimum atomic E-state index is -2.91. The molecule has 0 radical (unpaired) electrons. The minimum absolute atomic E-state index is 0.0417. The number of aliphatic hydroxyl groups is 1. The maximum absolute atomic E-state index is 11.9. The number of hydrogen-bond acceptors (Lipinski definition) is 3. The summed E-state index contributed by atoms with van der Waals surface area (Å²) >= 11 is 0.